The minimum absolute atomic E-state index is 0.00681. The van der Waals surface area contributed by atoms with Crippen LogP contribution in [-0.4, -0.2) is 75.5 Å². The van der Waals surface area contributed by atoms with Crippen LogP contribution in [0.25, 0.3) is 0 Å². The summed E-state index contributed by atoms with van der Waals surface area (Å²) >= 11 is 0. The second-order valence-corrected chi connectivity index (χ2v) is 14.0. The average molecular weight is 750 g/mol. The van der Waals surface area contributed by atoms with Crippen molar-refractivity contribution in [2.45, 2.75) is 122 Å². The predicted octanol–water partition coefficient (Wildman–Crippen LogP) is 9.18. The molecule has 2 unspecified atom stereocenters. The maximum Gasteiger partial charge on any atom is 0.306 e. The molecule has 54 heavy (non-hydrogen) atoms. The number of hydrogen-bond donors (Lipinski definition) is 0. The minimum atomic E-state index is -1.14. The molecule has 0 aromatic heterocycles. The van der Waals surface area contributed by atoms with E-state index in [4.69, 9.17) is 14.2 Å². The second kappa shape index (κ2) is 36.0. The zero-order valence-electron chi connectivity index (χ0n) is 34.1. The lowest BCUT2D eigenvalue weighted by molar-refractivity contribution is -0.889. The van der Waals surface area contributed by atoms with E-state index >= 15 is 0 Å². The van der Waals surface area contributed by atoms with Crippen LogP contribution in [0.4, 0.5) is 0 Å². The SMILES string of the molecule is CC/C=C/C=C/C=C/C=C/C=C/CCCCCC(=O)OC(COCCC(C(=O)[O-])[N+](C)(C)C)COC(=O)CCCCCCC/C=C/C=C/C=C/C=C/CC. The highest BCUT2D eigenvalue weighted by molar-refractivity contribution is 5.70. The van der Waals surface area contributed by atoms with E-state index in [2.05, 4.69) is 44.2 Å². The Morgan fingerprint density at radius 1 is 0.556 bits per heavy atom. The highest BCUT2D eigenvalue weighted by atomic mass is 16.6. The number of nitrogens with zero attached hydrogens (tertiary/aromatic N) is 1. The van der Waals surface area contributed by atoms with E-state index in [1.54, 1.807) is 21.1 Å². The Morgan fingerprint density at radius 2 is 0.981 bits per heavy atom. The first-order valence-electron chi connectivity index (χ1n) is 20.0. The summed E-state index contributed by atoms with van der Waals surface area (Å²) in [6.45, 7) is 4.26. The Labute approximate surface area is 328 Å². The van der Waals surface area contributed by atoms with E-state index in [-0.39, 0.29) is 49.1 Å². The van der Waals surface area contributed by atoms with Crippen LogP contribution in [0.5, 0.6) is 0 Å². The molecule has 2 atom stereocenters. The van der Waals surface area contributed by atoms with Gasteiger partial charge in [-0.3, -0.25) is 9.59 Å². The highest BCUT2D eigenvalue weighted by Crippen LogP contribution is 2.11. The summed E-state index contributed by atoms with van der Waals surface area (Å²) in [7, 11) is 5.36. The maximum atomic E-state index is 12.7. The van der Waals surface area contributed by atoms with E-state index in [9.17, 15) is 19.5 Å². The fraction of sp³-hybridized carbons (Fsp3) is 0.543. The minimum Gasteiger partial charge on any atom is -0.544 e. The predicted molar refractivity (Wildman–Crippen MR) is 221 cm³/mol. The van der Waals surface area contributed by atoms with Gasteiger partial charge in [0.1, 0.15) is 12.6 Å². The first-order valence-corrected chi connectivity index (χ1v) is 20.0. The Kier molecular flexibility index (Phi) is 33.3. The van der Waals surface area contributed by atoms with Crippen molar-refractivity contribution in [3.63, 3.8) is 0 Å². The van der Waals surface area contributed by atoms with E-state index in [1.807, 2.05) is 79.0 Å². The Morgan fingerprint density at radius 3 is 1.46 bits per heavy atom. The number of hydrogen-bond acceptors (Lipinski definition) is 7. The van der Waals surface area contributed by atoms with Crippen LogP contribution in [0, 0.1) is 0 Å². The molecular formula is C46H71NO7. The van der Waals surface area contributed by atoms with Gasteiger partial charge < -0.3 is 28.6 Å². The standard InChI is InChI=1S/C46H71NO7/c1-6-8-10-12-14-16-18-20-22-24-26-28-30-32-34-36-44(48)53-41-42(40-52-39-38-43(46(50)51)47(3,4)5)54-45(49)37-35-33-31-29-27-25-23-21-19-17-15-13-11-9-7-2/h8-23,25,27,42-43H,6-7,24,26,28-41H2,1-5H3/b10-8+,11-9+,14-12+,15-13+,18-16+,19-17+,22-20+,23-21+,27-25+. The van der Waals surface area contributed by atoms with Crippen LogP contribution in [0.2, 0.25) is 0 Å². The van der Waals surface area contributed by atoms with Gasteiger partial charge in [-0.25, -0.2) is 0 Å². The third-order valence-electron chi connectivity index (χ3n) is 8.13. The zero-order valence-corrected chi connectivity index (χ0v) is 34.1. The fourth-order valence-corrected chi connectivity index (χ4v) is 5.04. The van der Waals surface area contributed by atoms with Crippen molar-refractivity contribution in [2.24, 2.45) is 0 Å². The van der Waals surface area contributed by atoms with Crippen LogP contribution >= 0.6 is 0 Å². The van der Waals surface area contributed by atoms with Gasteiger partial charge >= 0.3 is 11.9 Å². The average Bonchev–Trinajstić information content (AvgIpc) is 3.12. The number of carbonyl (C=O) groups is 3. The van der Waals surface area contributed by atoms with Gasteiger partial charge in [0.05, 0.1) is 40.3 Å². The lowest BCUT2D eigenvalue weighted by Crippen LogP contribution is -2.55. The molecule has 0 heterocycles. The Balaban J connectivity index is 4.56. The molecule has 0 saturated carbocycles. The lowest BCUT2D eigenvalue weighted by Gasteiger charge is -2.34. The molecular weight excluding hydrogens is 679 g/mol. The van der Waals surface area contributed by atoms with Crippen molar-refractivity contribution in [1.82, 2.24) is 0 Å². The van der Waals surface area contributed by atoms with Gasteiger partial charge in [0.25, 0.3) is 0 Å². The first kappa shape index (κ1) is 50.0. The van der Waals surface area contributed by atoms with E-state index in [0.717, 1.165) is 70.6 Å². The molecule has 0 radical (unpaired) electrons. The van der Waals surface area contributed by atoms with Crippen molar-refractivity contribution in [1.29, 1.82) is 0 Å². The van der Waals surface area contributed by atoms with Gasteiger partial charge in [-0.1, -0.05) is 149 Å². The molecule has 0 aromatic carbocycles. The molecule has 0 rings (SSSR count). The zero-order chi connectivity index (χ0) is 40.0. The normalized spacial score (nSPS) is 14.2. The molecule has 0 fully saturated rings. The number of rotatable bonds is 33. The van der Waals surface area contributed by atoms with Gasteiger partial charge in [-0.05, 0) is 51.4 Å². The number of likely N-dealkylation sites (N-methyl/N-ethyl adjacent to an activating group) is 1. The molecule has 0 saturated heterocycles. The van der Waals surface area contributed by atoms with Crippen molar-refractivity contribution in [2.75, 3.05) is 41.0 Å². The number of allylic oxidation sites excluding steroid dienone is 18. The van der Waals surface area contributed by atoms with Crippen LogP contribution in [-0.2, 0) is 28.6 Å². The molecule has 0 bridgehead atoms. The topological polar surface area (TPSA) is 102 Å². The van der Waals surface area contributed by atoms with E-state index in [1.165, 1.54) is 0 Å². The largest absolute Gasteiger partial charge is 0.544 e. The number of carboxylic acids is 1. The van der Waals surface area contributed by atoms with Gasteiger partial charge in [-0.15, -0.1) is 0 Å². The quantitative estimate of drug-likeness (QED) is 0.0285. The molecule has 0 spiro atoms. The third kappa shape index (κ3) is 33.8. The monoisotopic (exact) mass is 750 g/mol. The van der Waals surface area contributed by atoms with Crippen molar-refractivity contribution >= 4 is 17.9 Å². The maximum absolute atomic E-state index is 12.7. The Hall–Kier alpha value is -4.01. The van der Waals surface area contributed by atoms with Gasteiger partial charge in [-0.2, -0.15) is 0 Å². The molecule has 8 nitrogen and oxygen atoms in total. The number of carbonyl (C=O) groups excluding carboxylic acids is 3. The van der Waals surface area contributed by atoms with E-state index < -0.39 is 18.1 Å². The number of ether oxygens (including phenoxy) is 3. The molecule has 0 aliphatic carbocycles. The molecule has 0 aliphatic rings. The Bertz CT molecular complexity index is 1240. The lowest BCUT2D eigenvalue weighted by atomic mass is 10.1. The molecule has 0 N–H and O–H groups in total. The summed E-state index contributed by atoms with van der Waals surface area (Å²) < 4.78 is 17.0. The number of unbranched alkanes of at least 4 members (excludes halogenated alkanes) is 8. The van der Waals surface area contributed by atoms with E-state index in [0.29, 0.717) is 12.8 Å². The first-order chi connectivity index (χ1) is 26.1. The summed E-state index contributed by atoms with van der Waals surface area (Å²) in [6, 6.07) is -0.744. The summed E-state index contributed by atoms with van der Waals surface area (Å²) in [4.78, 5) is 36.7. The van der Waals surface area contributed by atoms with Crippen LogP contribution in [0.3, 0.4) is 0 Å². The van der Waals surface area contributed by atoms with Crippen molar-refractivity contribution in [3.8, 4) is 0 Å². The van der Waals surface area contributed by atoms with Gasteiger partial charge in [0, 0.05) is 19.3 Å². The molecule has 0 aromatic rings. The number of quaternary nitrogens is 1. The highest BCUT2D eigenvalue weighted by Gasteiger charge is 2.25. The van der Waals surface area contributed by atoms with Crippen molar-refractivity contribution < 1.29 is 38.2 Å². The van der Waals surface area contributed by atoms with Crippen LogP contribution in [0.1, 0.15) is 110 Å². The summed E-state index contributed by atoms with van der Waals surface area (Å²) in [6.07, 6.45) is 48.2. The third-order valence-corrected chi connectivity index (χ3v) is 8.13. The summed E-state index contributed by atoms with van der Waals surface area (Å²) in [5.41, 5.74) is 0. The fourth-order valence-electron chi connectivity index (χ4n) is 5.04. The second-order valence-electron chi connectivity index (χ2n) is 14.0. The molecule has 0 amide bonds. The number of carboxylic acid groups (broad SMARTS) is 1. The van der Waals surface area contributed by atoms with Crippen LogP contribution < -0.4 is 5.11 Å². The summed E-state index contributed by atoms with van der Waals surface area (Å²) in [5, 5.41) is 11.6. The van der Waals surface area contributed by atoms with Crippen LogP contribution in [0.15, 0.2) is 109 Å². The number of aliphatic carboxylic acids is 1. The molecule has 8 heteroatoms. The van der Waals surface area contributed by atoms with Gasteiger partial charge in [0.15, 0.2) is 6.10 Å². The molecule has 302 valence electrons. The van der Waals surface area contributed by atoms with Crippen molar-refractivity contribution in [3.05, 3.63) is 109 Å². The summed E-state index contributed by atoms with van der Waals surface area (Å²) in [5.74, 6) is -1.84. The smallest absolute Gasteiger partial charge is 0.306 e. The van der Waals surface area contributed by atoms with Gasteiger partial charge in [0.2, 0.25) is 0 Å². The number of esters is 2. The molecule has 0 aliphatic heterocycles.